The van der Waals surface area contributed by atoms with Crippen molar-refractivity contribution in [2.45, 2.75) is 88.5 Å². The predicted molar refractivity (Wildman–Crippen MR) is 143 cm³/mol. The molecule has 190 valence electrons. The van der Waals surface area contributed by atoms with E-state index >= 15 is 0 Å². The van der Waals surface area contributed by atoms with E-state index in [1.807, 2.05) is 39.1 Å². The third-order valence-corrected chi connectivity index (χ3v) is 10.3. The second kappa shape index (κ2) is 9.95. The lowest BCUT2D eigenvalue weighted by atomic mass is 9.72. The van der Waals surface area contributed by atoms with Crippen molar-refractivity contribution in [3.05, 3.63) is 59.4 Å². The Balaban J connectivity index is 1.23. The Morgan fingerprint density at radius 1 is 1.09 bits per heavy atom. The summed E-state index contributed by atoms with van der Waals surface area (Å²) >= 11 is 0. The molecule has 0 unspecified atom stereocenters. The van der Waals surface area contributed by atoms with Crippen molar-refractivity contribution in [3.63, 3.8) is 0 Å². The van der Waals surface area contributed by atoms with E-state index in [4.69, 9.17) is 9.72 Å². The lowest BCUT2D eigenvalue weighted by molar-refractivity contribution is 0.0440. The van der Waals surface area contributed by atoms with Crippen molar-refractivity contribution in [2.75, 3.05) is 20.2 Å². The van der Waals surface area contributed by atoms with Gasteiger partial charge in [0.25, 0.3) is 0 Å². The van der Waals surface area contributed by atoms with Gasteiger partial charge >= 0.3 is 0 Å². The van der Waals surface area contributed by atoms with Crippen LogP contribution in [0.5, 0.6) is 5.75 Å². The summed E-state index contributed by atoms with van der Waals surface area (Å²) in [5, 5.41) is 0. The van der Waals surface area contributed by atoms with Crippen molar-refractivity contribution >= 4 is 11.0 Å². The van der Waals surface area contributed by atoms with Crippen LogP contribution < -0.4 is 9.46 Å². The van der Waals surface area contributed by atoms with Crippen LogP contribution in [0.2, 0.25) is 0 Å². The number of pyridine rings is 1. The number of rotatable bonds is 5. The molecule has 2 atom stereocenters. The van der Waals surface area contributed by atoms with Crippen LogP contribution in [-0.2, 0) is 17.4 Å². The molecule has 1 aromatic carbocycles. The summed E-state index contributed by atoms with van der Waals surface area (Å²) in [5.74, 6) is 1.61. The van der Waals surface area contributed by atoms with E-state index in [9.17, 15) is 4.21 Å². The highest BCUT2D eigenvalue weighted by Gasteiger charge is 2.50. The average molecular weight is 496 g/mol. The van der Waals surface area contributed by atoms with Crippen molar-refractivity contribution in [2.24, 2.45) is 5.41 Å². The predicted octanol–water partition coefficient (Wildman–Crippen LogP) is 5.55. The van der Waals surface area contributed by atoms with Gasteiger partial charge in [0, 0.05) is 17.9 Å². The molecule has 1 saturated heterocycles. The van der Waals surface area contributed by atoms with Gasteiger partial charge in [0.2, 0.25) is 0 Å². The van der Waals surface area contributed by atoms with E-state index in [0.717, 1.165) is 38.1 Å². The van der Waals surface area contributed by atoms with Gasteiger partial charge in [-0.25, -0.2) is 8.93 Å². The van der Waals surface area contributed by atoms with Crippen LogP contribution in [0.4, 0.5) is 0 Å². The number of hydrogen-bond donors (Lipinski definition) is 1. The van der Waals surface area contributed by atoms with Crippen LogP contribution in [0.3, 0.4) is 0 Å². The Kier molecular flexibility index (Phi) is 7.08. The Morgan fingerprint density at radius 3 is 2.51 bits per heavy atom. The third-order valence-electron chi connectivity index (χ3n) is 8.72. The summed E-state index contributed by atoms with van der Waals surface area (Å²) in [7, 11) is 0.649. The Bertz CT molecular complexity index is 1050. The molecule has 1 saturated carbocycles. The summed E-state index contributed by atoms with van der Waals surface area (Å²) in [6.45, 7) is 8.40. The number of hydrogen-bond acceptors (Lipinski definition) is 4. The van der Waals surface area contributed by atoms with E-state index in [1.165, 1.54) is 42.5 Å². The molecule has 1 N–H and O–H groups in total. The van der Waals surface area contributed by atoms with Gasteiger partial charge in [0.1, 0.15) is 5.75 Å². The molecular formula is C29H41N3O2S. The number of methoxy groups -OCH3 is 1. The molecule has 2 heterocycles. The molecule has 0 amide bonds. The maximum atomic E-state index is 13.1. The zero-order chi connectivity index (χ0) is 24.6. The van der Waals surface area contributed by atoms with Crippen molar-refractivity contribution < 1.29 is 8.95 Å². The van der Waals surface area contributed by atoms with Crippen LogP contribution in [0, 0.1) is 5.41 Å². The molecule has 1 aliphatic heterocycles. The molecule has 0 radical (unpaired) electrons. The van der Waals surface area contributed by atoms with Gasteiger partial charge in [-0.15, -0.1) is 0 Å². The van der Waals surface area contributed by atoms with Crippen molar-refractivity contribution in [1.29, 1.82) is 0 Å². The highest BCUT2D eigenvalue weighted by Crippen LogP contribution is 2.52. The summed E-state index contributed by atoms with van der Waals surface area (Å²) in [4.78, 5) is 7.48. The van der Waals surface area contributed by atoms with Gasteiger partial charge in [-0.3, -0.25) is 4.98 Å². The molecule has 6 heteroatoms. The number of nitrogens with zero attached hydrogens (tertiary/aromatic N) is 2. The molecule has 3 aliphatic rings. The SMILES string of the molecule is COc1cccc(C2CCC(N3CCC4(CC3)Cc3ncccc3[C@H]4N[S@@](=O)C(C)(C)C)CC2)c1. The molecule has 2 aliphatic carbocycles. The largest absolute Gasteiger partial charge is 0.497 e. The van der Waals surface area contributed by atoms with E-state index in [0.29, 0.717) is 12.0 Å². The van der Waals surface area contributed by atoms with Gasteiger partial charge in [-0.1, -0.05) is 18.2 Å². The lowest BCUT2D eigenvalue weighted by Gasteiger charge is -2.47. The van der Waals surface area contributed by atoms with E-state index in [1.54, 1.807) is 7.11 Å². The quantitative estimate of drug-likeness (QED) is 0.591. The minimum atomic E-state index is -1.10. The molecule has 35 heavy (non-hydrogen) atoms. The first-order chi connectivity index (χ1) is 16.8. The van der Waals surface area contributed by atoms with Gasteiger partial charge in [0.05, 0.1) is 28.9 Å². The number of aromatic nitrogens is 1. The van der Waals surface area contributed by atoms with E-state index in [2.05, 4.69) is 33.9 Å². The molecule has 2 fully saturated rings. The monoisotopic (exact) mass is 495 g/mol. The Hall–Kier alpha value is -1.76. The van der Waals surface area contributed by atoms with Crippen LogP contribution in [0.25, 0.3) is 0 Å². The zero-order valence-electron chi connectivity index (χ0n) is 21.8. The normalized spacial score (nSPS) is 27.5. The minimum Gasteiger partial charge on any atom is -0.497 e. The molecular weight excluding hydrogens is 454 g/mol. The molecule has 2 aromatic rings. The average Bonchev–Trinajstić information content (AvgIpc) is 3.16. The smallest absolute Gasteiger partial charge is 0.119 e. The zero-order valence-corrected chi connectivity index (χ0v) is 22.6. The summed E-state index contributed by atoms with van der Waals surface area (Å²) < 4.78 is 21.8. The fourth-order valence-electron chi connectivity index (χ4n) is 6.57. The lowest BCUT2D eigenvalue weighted by Crippen LogP contribution is -2.50. The number of benzene rings is 1. The first-order valence-electron chi connectivity index (χ1n) is 13.3. The highest BCUT2D eigenvalue weighted by atomic mass is 32.2. The van der Waals surface area contributed by atoms with E-state index < -0.39 is 11.0 Å². The van der Waals surface area contributed by atoms with Gasteiger partial charge in [0.15, 0.2) is 0 Å². The van der Waals surface area contributed by atoms with Gasteiger partial charge < -0.3 is 9.64 Å². The minimum absolute atomic E-state index is 0.117. The fourth-order valence-corrected chi connectivity index (χ4v) is 7.51. The molecule has 1 spiro atoms. The Morgan fingerprint density at radius 2 is 1.83 bits per heavy atom. The first-order valence-corrected chi connectivity index (χ1v) is 14.4. The number of likely N-dealkylation sites (tertiary alicyclic amines) is 1. The maximum Gasteiger partial charge on any atom is 0.119 e. The van der Waals surface area contributed by atoms with Crippen molar-refractivity contribution in [1.82, 2.24) is 14.6 Å². The van der Waals surface area contributed by atoms with Crippen LogP contribution in [0.15, 0.2) is 42.6 Å². The van der Waals surface area contributed by atoms with Gasteiger partial charge in [-0.2, -0.15) is 0 Å². The first kappa shape index (κ1) is 24.9. The van der Waals surface area contributed by atoms with Crippen LogP contribution >= 0.6 is 0 Å². The molecule has 1 aromatic heterocycles. The summed E-state index contributed by atoms with van der Waals surface area (Å²) in [6, 6.07) is 13.7. The fraction of sp³-hybridized carbons (Fsp3) is 0.621. The molecule has 5 rings (SSSR count). The van der Waals surface area contributed by atoms with Crippen molar-refractivity contribution in [3.8, 4) is 5.75 Å². The Labute approximate surface area is 213 Å². The number of fused-ring (bicyclic) bond motifs is 1. The second-order valence-electron chi connectivity index (χ2n) is 11.8. The van der Waals surface area contributed by atoms with E-state index in [-0.39, 0.29) is 16.2 Å². The summed E-state index contributed by atoms with van der Waals surface area (Å²) in [5.41, 5.74) is 4.00. The summed E-state index contributed by atoms with van der Waals surface area (Å²) in [6.07, 6.45) is 10.2. The van der Waals surface area contributed by atoms with Crippen LogP contribution in [-0.4, -0.2) is 45.1 Å². The highest BCUT2D eigenvalue weighted by molar-refractivity contribution is 7.84. The molecule has 5 nitrogen and oxygen atoms in total. The third kappa shape index (κ3) is 5.07. The van der Waals surface area contributed by atoms with Gasteiger partial charge in [-0.05, 0) is 119 Å². The molecule has 0 bridgehead atoms. The van der Waals surface area contributed by atoms with Crippen LogP contribution in [0.1, 0.15) is 88.1 Å². The number of ether oxygens (including phenoxy) is 1. The number of piperidine rings is 1. The second-order valence-corrected chi connectivity index (χ2v) is 13.8. The number of nitrogens with one attached hydrogen (secondary N) is 1. The standard InChI is InChI=1S/C29H41N3O2S/c1-28(2,3)35(33)31-27-25-9-6-16-30-26(25)20-29(27)14-17-32(18-15-29)23-12-10-21(11-13-23)22-7-5-8-24(19-22)34-4/h5-9,16,19,21,23,27,31H,10-15,17-18,20H2,1-4H3/t21?,23?,27-,35+/m1/s1. The topological polar surface area (TPSA) is 54.5 Å². The maximum absolute atomic E-state index is 13.1.